The summed E-state index contributed by atoms with van der Waals surface area (Å²) in [5.74, 6) is 0.622. The lowest BCUT2D eigenvalue weighted by atomic mass is 10.2. The number of aromatic nitrogens is 1. The molecule has 0 atom stereocenters. The molecule has 1 heterocycles. The van der Waals surface area contributed by atoms with Crippen LogP contribution in [0.3, 0.4) is 0 Å². The van der Waals surface area contributed by atoms with Gasteiger partial charge >= 0.3 is 0 Å². The van der Waals surface area contributed by atoms with Gasteiger partial charge in [-0.25, -0.2) is 4.58 Å². The van der Waals surface area contributed by atoms with Crippen LogP contribution in [0.15, 0.2) is 18.5 Å². The summed E-state index contributed by atoms with van der Waals surface area (Å²) in [4.78, 5) is 4.09. The Morgan fingerprint density at radius 1 is 1.54 bits per heavy atom. The molecule has 1 aromatic rings. The van der Waals surface area contributed by atoms with Crippen LogP contribution in [-0.2, 0) is 0 Å². The van der Waals surface area contributed by atoms with Gasteiger partial charge in [0.05, 0.1) is 6.20 Å². The lowest BCUT2D eigenvalue weighted by molar-refractivity contribution is -0.439. The third-order valence-electron chi connectivity index (χ3n) is 1.94. The molecular formula is C11H17N2+. The van der Waals surface area contributed by atoms with Crippen molar-refractivity contribution in [2.45, 2.75) is 20.8 Å². The average molecular weight is 177 g/mol. The van der Waals surface area contributed by atoms with Crippen LogP contribution in [0.5, 0.6) is 0 Å². The van der Waals surface area contributed by atoms with Gasteiger partial charge in [0.15, 0.2) is 6.54 Å². The molecule has 2 nitrogen and oxygen atoms in total. The molecule has 0 aliphatic carbocycles. The molecule has 0 bridgehead atoms. The Kier molecular flexibility index (Phi) is 3.18. The molecule has 2 heteroatoms. The zero-order valence-electron chi connectivity index (χ0n) is 8.62. The number of nitrogens with zero attached hydrogens (tertiary/aromatic N) is 2. The summed E-state index contributed by atoms with van der Waals surface area (Å²) in [5.41, 5.74) is 2.35. The molecular weight excluding hydrogens is 160 g/mol. The monoisotopic (exact) mass is 177 g/mol. The van der Waals surface area contributed by atoms with Crippen LogP contribution < -0.4 is 0 Å². The van der Waals surface area contributed by atoms with Crippen LogP contribution in [0.4, 0.5) is 5.69 Å². The van der Waals surface area contributed by atoms with Gasteiger partial charge in [-0.3, -0.25) is 4.98 Å². The molecule has 1 aromatic heterocycles. The van der Waals surface area contributed by atoms with E-state index in [2.05, 4.69) is 32.5 Å². The van der Waals surface area contributed by atoms with Crippen molar-refractivity contribution < 1.29 is 4.58 Å². The highest BCUT2D eigenvalue weighted by molar-refractivity contribution is 5.38. The topological polar surface area (TPSA) is 15.9 Å². The fourth-order valence-corrected chi connectivity index (χ4v) is 1.33. The minimum atomic E-state index is 0.622. The summed E-state index contributed by atoms with van der Waals surface area (Å²) in [7, 11) is 0. The van der Waals surface area contributed by atoms with Crippen molar-refractivity contribution in [1.29, 1.82) is 0 Å². The van der Waals surface area contributed by atoms with Crippen molar-refractivity contribution >= 4 is 12.4 Å². The summed E-state index contributed by atoms with van der Waals surface area (Å²) in [6.45, 7) is 11.4. The molecule has 1 rings (SSSR count). The number of rotatable bonds is 3. The molecule has 0 radical (unpaired) electrons. The molecule has 0 aliphatic rings. The van der Waals surface area contributed by atoms with Crippen molar-refractivity contribution in [3.8, 4) is 0 Å². The van der Waals surface area contributed by atoms with Gasteiger partial charge in [-0.2, -0.15) is 0 Å². The predicted octanol–water partition coefficient (Wildman–Crippen LogP) is 2.39. The van der Waals surface area contributed by atoms with E-state index in [1.165, 1.54) is 5.56 Å². The normalized spacial score (nSPS) is 10.5. The van der Waals surface area contributed by atoms with Gasteiger partial charge in [-0.1, -0.05) is 13.8 Å². The number of hydrogen-bond acceptors (Lipinski definition) is 1. The van der Waals surface area contributed by atoms with Crippen molar-refractivity contribution in [2.24, 2.45) is 5.92 Å². The Morgan fingerprint density at radius 3 is 2.77 bits per heavy atom. The van der Waals surface area contributed by atoms with Gasteiger partial charge in [-0.15, -0.1) is 0 Å². The Balaban J connectivity index is 2.83. The van der Waals surface area contributed by atoms with Crippen LogP contribution in [-0.4, -0.2) is 22.8 Å². The molecule has 0 aliphatic heterocycles. The molecule has 70 valence electrons. The number of aryl methyl sites for hydroxylation is 1. The minimum Gasteiger partial charge on any atom is -0.258 e. The van der Waals surface area contributed by atoms with Crippen LogP contribution in [0.25, 0.3) is 0 Å². The highest BCUT2D eigenvalue weighted by Crippen LogP contribution is 2.15. The van der Waals surface area contributed by atoms with E-state index >= 15 is 0 Å². The fourth-order valence-electron chi connectivity index (χ4n) is 1.33. The van der Waals surface area contributed by atoms with Gasteiger partial charge in [0.2, 0.25) is 5.69 Å². The van der Waals surface area contributed by atoms with E-state index in [0.717, 1.165) is 12.2 Å². The second-order valence-corrected chi connectivity index (χ2v) is 3.78. The molecule has 0 spiro atoms. The summed E-state index contributed by atoms with van der Waals surface area (Å²) in [6, 6.07) is 2.01. The van der Waals surface area contributed by atoms with Gasteiger partial charge < -0.3 is 0 Å². The minimum absolute atomic E-state index is 0.622. The largest absolute Gasteiger partial charge is 0.258 e. The molecule has 13 heavy (non-hydrogen) atoms. The first-order valence-corrected chi connectivity index (χ1v) is 4.60. The Labute approximate surface area is 79.9 Å². The fraction of sp³-hybridized carbons (Fsp3) is 0.455. The maximum Gasteiger partial charge on any atom is 0.226 e. The Hall–Kier alpha value is -1.18. The Bertz CT molecular complexity index is 303. The van der Waals surface area contributed by atoms with Crippen molar-refractivity contribution in [1.82, 2.24) is 4.98 Å². The van der Waals surface area contributed by atoms with Crippen LogP contribution in [0.1, 0.15) is 19.4 Å². The van der Waals surface area contributed by atoms with Gasteiger partial charge in [0.1, 0.15) is 6.72 Å². The van der Waals surface area contributed by atoms with E-state index in [1.54, 1.807) is 0 Å². The second-order valence-electron chi connectivity index (χ2n) is 3.78. The molecule has 0 N–H and O–H groups in total. The third-order valence-corrected chi connectivity index (χ3v) is 1.94. The van der Waals surface area contributed by atoms with E-state index in [4.69, 9.17) is 0 Å². The first-order valence-electron chi connectivity index (χ1n) is 4.60. The summed E-state index contributed by atoms with van der Waals surface area (Å²) in [6.07, 6.45) is 3.67. The lowest BCUT2D eigenvalue weighted by Crippen LogP contribution is -2.11. The SMILES string of the molecule is C=[N+](CC(C)C)c1cnccc1C. The van der Waals surface area contributed by atoms with E-state index in [9.17, 15) is 0 Å². The van der Waals surface area contributed by atoms with Crippen LogP contribution in [0, 0.1) is 12.8 Å². The highest BCUT2D eigenvalue weighted by atomic mass is 15.0. The maximum absolute atomic E-state index is 4.09. The van der Waals surface area contributed by atoms with E-state index in [0.29, 0.717) is 5.92 Å². The lowest BCUT2D eigenvalue weighted by Gasteiger charge is -2.04. The first-order chi connectivity index (χ1) is 6.11. The van der Waals surface area contributed by atoms with Gasteiger partial charge in [0.25, 0.3) is 0 Å². The first kappa shape index (κ1) is 9.90. The molecule has 0 fully saturated rings. The number of hydrogen-bond donors (Lipinski definition) is 0. The molecule has 0 amide bonds. The molecule has 0 saturated heterocycles. The third kappa shape index (κ3) is 2.65. The van der Waals surface area contributed by atoms with Crippen LogP contribution in [0.2, 0.25) is 0 Å². The summed E-state index contributed by atoms with van der Waals surface area (Å²) >= 11 is 0. The maximum atomic E-state index is 4.09. The Morgan fingerprint density at radius 2 is 2.23 bits per heavy atom. The zero-order chi connectivity index (χ0) is 9.84. The molecule has 0 saturated carbocycles. The number of pyridine rings is 1. The average Bonchev–Trinajstić information content (AvgIpc) is 2.03. The van der Waals surface area contributed by atoms with E-state index in [-0.39, 0.29) is 0 Å². The van der Waals surface area contributed by atoms with Crippen molar-refractivity contribution in [3.05, 3.63) is 24.0 Å². The molecule has 0 unspecified atom stereocenters. The highest BCUT2D eigenvalue weighted by Gasteiger charge is 2.11. The van der Waals surface area contributed by atoms with Crippen LogP contribution >= 0.6 is 0 Å². The smallest absolute Gasteiger partial charge is 0.226 e. The van der Waals surface area contributed by atoms with Crippen molar-refractivity contribution in [3.63, 3.8) is 0 Å². The van der Waals surface area contributed by atoms with E-state index < -0.39 is 0 Å². The second kappa shape index (κ2) is 4.17. The quantitative estimate of drug-likeness (QED) is 0.511. The van der Waals surface area contributed by atoms with Crippen molar-refractivity contribution in [2.75, 3.05) is 6.54 Å². The van der Waals surface area contributed by atoms with E-state index in [1.807, 2.05) is 23.0 Å². The summed E-state index contributed by atoms with van der Waals surface area (Å²) in [5, 5.41) is 0. The summed E-state index contributed by atoms with van der Waals surface area (Å²) < 4.78 is 2.01. The van der Waals surface area contributed by atoms with Gasteiger partial charge in [-0.05, 0) is 13.0 Å². The predicted molar refractivity (Wildman–Crippen MR) is 55.7 cm³/mol. The molecule has 0 aromatic carbocycles. The zero-order valence-corrected chi connectivity index (χ0v) is 8.62. The van der Waals surface area contributed by atoms with Gasteiger partial charge in [0, 0.05) is 17.7 Å². The standard InChI is InChI=1S/C11H17N2/c1-9(2)8-13(4)11-7-12-6-5-10(11)3/h5-7,9H,4,8H2,1-3H3/q+1.